The third-order valence-electron chi connectivity index (χ3n) is 10.9. The van der Waals surface area contributed by atoms with Crippen LogP contribution in [0.1, 0.15) is 40.2 Å². The van der Waals surface area contributed by atoms with Gasteiger partial charge in [0.1, 0.15) is 31.1 Å². The van der Waals surface area contributed by atoms with Crippen molar-refractivity contribution in [3.8, 4) is 11.1 Å². The molecule has 0 bridgehead atoms. The van der Waals surface area contributed by atoms with E-state index in [2.05, 4.69) is 15.6 Å². The number of alkyl carbamates (subject to hydrolysis) is 1. The van der Waals surface area contributed by atoms with Crippen LogP contribution in [0.5, 0.6) is 0 Å². The quantitative estimate of drug-likeness (QED) is 0.0956. The minimum atomic E-state index is -1.36. The lowest BCUT2D eigenvalue weighted by Crippen LogP contribution is -2.58. The molecule has 7 rings (SSSR count). The molecular formula is C44H44FN5O9. The minimum absolute atomic E-state index is 0.00984. The number of H-pyrrole nitrogens is 1. The molecule has 1 saturated heterocycles. The van der Waals surface area contributed by atoms with Gasteiger partial charge < -0.3 is 45.6 Å². The molecule has 59 heavy (non-hydrogen) atoms. The zero-order valence-electron chi connectivity index (χ0n) is 32.2. The molecule has 15 heteroatoms. The maximum Gasteiger partial charge on any atom is 0.407 e. The van der Waals surface area contributed by atoms with Gasteiger partial charge >= 0.3 is 18.0 Å². The van der Waals surface area contributed by atoms with Gasteiger partial charge in [0.25, 0.3) is 0 Å². The fraction of sp³-hybridized carbons (Fsp3) is 0.295. The molecule has 2 aliphatic rings. The lowest BCUT2D eigenvalue weighted by Gasteiger charge is -2.30. The summed E-state index contributed by atoms with van der Waals surface area (Å²) in [7, 11) is 1.14. The standard InChI is InChI=1S/C44H44FN5O9/c1-57-43(55)40-38(58-24-39(51)52)15-16-50(40)42(54)37(19-27-22-47-35-14-13-28(45)20-33(27)35)48-41(53)36(18-25-7-6-8-26(17-25)21-46)49-44(56)59-23-34-31-11-4-2-9-29(31)30-10-3-5-12-32(30)34/h2-14,17,20,22,34,36-38,40,47H,15-16,18-19,21,23-24,46H2,1H3,(H,48,53)(H,49,56)(H,51,52)/t36-,37-,38-,40-/m0/s1. The van der Waals surface area contributed by atoms with E-state index in [-0.39, 0.29) is 44.9 Å². The number of aliphatic carboxylic acids is 1. The number of esters is 1. The molecule has 6 N–H and O–H groups in total. The fourth-order valence-corrected chi connectivity index (χ4v) is 8.09. The average molecular weight is 806 g/mol. The van der Waals surface area contributed by atoms with Crippen LogP contribution >= 0.6 is 0 Å². The Morgan fingerprint density at radius 3 is 2.31 bits per heavy atom. The van der Waals surface area contributed by atoms with Crippen LogP contribution in [0.25, 0.3) is 22.0 Å². The first-order chi connectivity index (χ1) is 28.5. The molecule has 0 radical (unpaired) electrons. The van der Waals surface area contributed by atoms with Gasteiger partial charge in [0.2, 0.25) is 11.8 Å². The van der Waals surface area contributed by atoms with Crippen molar-refractivity contribution < 1.29 is 47.7 Å². The maximum atomic E-state index is 14.6. The number of aromatic amines is 1. The summed E-state index contributed by atoms with van der Waals surface area (Å²) in [5, 5.41) is 15.2. The number of nitrogens with one attached hydrogen (secondary N) is 3. The predicted molar refractivity (Wildman–Crippen MR) is 213 cm³/mol. The number of carboxylic acids is 1. The Morgan fingerprint density at radius 2 is 1.61 bits per heavy atom. The van der Waals surface area contributed by atoms with E-state index >= 15 is 0 Å². The van der Waals surface area contributed by atoms with Crippen LogP contribution in [0.3, 0.4) is 0 Å². The van der Waals surface area contributed by atoms with Gasteiger partial charge in [-0.25, -0.2) is 18.8 Å². The van der Waals surface area contributed by atoms with Crippen LogP contribution < -0.4 is 16.4 Å². The Labute approximate surface area is 338 Å². The van der Waals surface area contributed by atoms with Gasteiger partial charge in [-0.05, 0) is 63.6 Å². The second-order valence-electron chi connectivity index (χ2n) is 14.6. The van der Waals surface area contributed by atoms with Crippen molar-refractivity contribution in [2.24, 2.45) is 5.73 Å². The van der Waals surface area contributed by atoms with Crippen molar-refractivity contribution in [1.29, 1.82) is 0 Å². The number of aromatic nitrogens is 1. The Bertz CT molecular complexity index is 2340. The normalized spacial score (nSPS) is 16.8. The Morgan fingerprint density at radius 1 is 0.898 bits per heavy atom. The molecule has 4 aromatic carbocycles. The monoisotopic (exact) mass is 805 g/mol. The molecule has 0 spiro atoms. The van der Waals surface area contributed by atoms with E-state index in [0.29, 0.717) is 22.0 Å². The summed E-state index contributed by atoms with van der Waals surface area (Å²) in [6.07, 6.45) is -0.315. The van der Waals surface area contributed by atoms with Gasteiger partial charge in [-0.3, -0.25) is 9.59 Å². The van der Waals surface area contributed by atoms with Crippen LogP contribution in [0.2, 0.25) is 0 Å². The number of likely N-dealkylation sites (tertiary alicyclic amines) is 1. The number of methoxy groups -OCH3 is 1. The molecule has 1 aliphatic carbocycles. The third kappa shape index (κ3) is 8.96. The molecular weight excluding hydrogens is 762 g/mol. The number of benzene rings is 4. The highest BCUT2D eigenvalue weighted by Crippen LogP contribution is 2.44. The van der Waals surface area contributed by atoms with Gasteiger partial charge in [-0.2, -0.15) is 0 Å². The number of nitrogens with two attached hydrogens (primary N) is 1. The molecule has 1 aromatic heterocycles. The highest BCUT2D eigenvalue weighted by molar-refractivity contribution is 5.95. The smallest absolute Gasteiger partial charge is 0.407 e. The van der Waals surface area contributed by atoms with Crippen molar-refractivity contribution in [1.82, 2.24) is 20.5 Å². The number of halogens is 1. The number of hydrogen-bond acceptors (Lipinski definition) is 9. The van der Waals surface area contributed by atoms with Gasteiger partial charge in [0.05, 0.1) is 13.2 Å². The Kier molecular flexibility index (Phi) is 12.3. The van der Waals surface area contributed by atoms with Gasteiger partial charge in [0.15, 0.2) is 6.04 Å². The summed E-state index contributed by atoms with van der Waals surface area (Å²) in [5.74, 6) is -4.29. The number of carboxylic acid groups (broad SMARTS) is 1. The summed E-state index contributed by atoms with van der Waals surface area (Å²) in [6, 6.07) is 23.2. The van der Waals surface area contributed by atoms with E-state index in [1.54, 1.807) is 24.4 Å². The van der Waals surface area contributed by atoms with E-state index in [4.69, 9.17) is 19.9 Å². The zero-order chi connectivity index (χ0) is 41.6. The molecule has 0 saturated carbocycles. The van der Waals surface area contributed by atoms with Crippen LogP contribution in [0.4, 0.5) is 9.18 Å². The molecule has 306 valence electrons. The van der Waals surface area contributed by atoms with Gasteiger partial charge in [0, 0.05) is 48.9 Å². The van der Waals surface area contributed by atoms with Gasteiger partial charge in [-0.15, -0.1) is 0 Å². The number of fused-ring (bicyclic) bond motifs is 4. The summed E-state index contributed by atoms with van der Waals surface area (Å²) >= 11 is 0. The summed E-state index contributed by atoms with van der Waals surface area (Å²) < 4.78 is 30.8. The van der Waals surface area contributed by atoms with Crippen molar-refractivity contribution in [3.63, 3.8) is 0 Å². The van der Waals surface area contributed by atoms with E-state index in [9.17, 15) is 33.5 Å². The lowest BCUT2D eigenvalue weighted by atomic mass is 9.98. The molecule has 5 aromatic rings. The first-order valence-corrected chi connectivity index (χ1v) is 19.2. The number of rotatable bonds is 15. The van der Waals surface area contributed by atoms with Crippen molar-refractivity contribution in [3.05, 3.63) is 131 Å². The highest BCUT2D eigenvalue weighted by atomic mass is 19.1. The van der Waals surface area contributed by atoms with Crippen LogP contribution in [-0.2, 0) is 52.8 Å². The number of nitrogens with zero attached hydrogens (tertiary/aromatic N) is 1. The molecule has 4 atom stereocenters. The van der Waals surface area contributed by atoms with Crippen LogP contribution in [0.15, 0.2) is 97.2 Å². The highest BCUT2D eigenvalue weighted by Gasteiger charge is 2.46. The SMILES string of the molecule is COC(=O)[C@@H]1[C@@H](OCC(=O)O)CCN1C(=O)[C@H](Cc1c[nH]c2ccc(F)cc12)NC(=O)[C@H](Cc1cccc(CN)c1)NC(=O)OCC1c2ccccc2-c2ccccc21. The first-order valence-electron chi connectivity index (χ1n) is 19.2. The molecule has 1 fully saturated rings. The number of hydrogen-bond donors (Lipinski definition) is 5. The first kappa shape index (κ1) is 40.6. The molecule has 14 nitrogen and oxygen atoms in total. The van der Waals surface area contributed by atoms with Crippen LogP contribution in [-0.4, -0.2) is 95.9 Å². The number of carbonyl (C=O) groups excluding carboxylic acids is 4. The summed E-state index contributed by atoms with van der Waals surface area (Å²) in [5.41, 5.74) is 12.6. The third-order valence-corrected chi connectivity index (χ3v) is 10.9. The Balaban J connectivity index is 1.16. The van der Waals surface area contributed by atoms with Crippen molar-refractivity contribution >= 4 is 40.7 Å². The summed E-state index contributed by atoms with van der Waals surface area (Å²) in [4.78, 5) is 71.4. The second-order valence-corrected chi connectivity index (χ2v) is 14.6. The van der Waals surface area contributed by atoms with E-state index in [1.165, 1.54) is 17.0 Å². The predicted octanol–water partition coefficient (Wildman–Crippen LogP) is 4.19. The largest absolute Gasteiger partial charge is 0.480 e. The molecule has 0 unspecified atom stereocenters. The van der Waals surface area contributed by atoms with Crippen molar-refractivity contribution in [2.45, 2.75) is 56.0 Å². The molecule has 2 heterocycles. The minimum Gasteiger partial charge on any atom is -0.480 e. The van der Waals surface area contributed by atoms with Crippen molar-refractivity contribution in [2.75, 3.05) is 26.9 Å². The molecule has 3 amide bonds. The maximum absolute atomic E-state index is 14.6. The number of carbonyl (C=O) groups is 5. The summed E-state index contributed by atoms with van der Waals surface area (Å²) in [6.45, 7) is -0.508. The topological polar surface area (TPSA) is 202 Å². The van der Waals surface area contributed by atoms with Gasteiger partial charge in [-0.1, -0.05) is 72.8 Å². The van der Waals surface area contributed by atoms with E-state index in [0.717, 1.165) is 34.9 Å². The Hall–Kier alpha value is -6.58. The number of amides is 3. The van der Waals surface area contributed by atoms with E-state index in [1.807, 2.05) is 60.7 Å². The zero-order valence-corrected chi connectivity index (χ0v) is 32.2. The lowest BCUT2D eigenvalue weighted by molar-refractivity contribution is -0.158. The van der Waals surface area contributed by atoms with Crippen LogP contribution in [0, 0.1) is 5.82 Å². The van der Waals surface area contributed by atoms with E-state index < -0.39 is 66.5 Å². The fourth-order valence-electron chi connectivity index (χ4n) is 8.09. The second kappa shape index (κ2) is 17.9. The number of ether oxygens (including phenoxy) is 3. The average Bonchev–Trinajstić information content (AvgIpc) is 3.94. The molecule has 1 aliphatic heterocycles.